The highest BCUT2D eigenvalue weighted by molar-refractivity contribution is 5.92. The minimum atomic E-state index is -0.279. The van der Waals surface area contributed by atoms with Crippen LogP contribution in [0.4, 0.5) is 10.2 Å². The van der Waals surface area contributed by atoms with Crippen molar-refractivity contribution in [1.29, 1.82) is 0 Å². The van der Waals surface area contributed by atoms with Crippen molar-refractivity contribution in [2.24, 2.45) is 0 Å². The number of rotatable bonds is 9. The van der Waals surface area contributed by atoms with Crippen molar-refractivity contribution in [2.75, 3.05) is 38.6 Å². The van der Waals surface area contributed by atoms with Gasteiger partial charge in [0, 0.05) is 32.2 Å². The van der Waals surface area contributed by atoms with E-state index in [4.69, 9.17) is 9.72 Å². The summed E-state index contributed by atoms with van der Waals surface area (Å²) >= 11 is 0. The molecule has 1 aromatic carbocycles. The zero-order valence-corrected chi connectivity index (χ0v) is 18.8. The summed E-state index contributed by atoms with van der Waals surface area (Å²) in [5.74, 6) is 0.0135. The van der Waals surface area contributed by atoms with E-state index in [2.05, 4.69) is 20.5 Å². The average molecular weight is 442 g/mol. The Hall–Kier alpha value is -2.58. The summed E-state index contributed by atoms with van der Waals surface area (Å²) in [5.41, 5.74) is 1.90. The largest absolute Gasteiger partial charge is 0.381 e. The molecule has 32 heavy (non-hydrogen) atoms. The number of hydrogen-bond donors (Lipinski definition) is 2. The topological polar surface area (TPSA) is 79.4 Å². The number of carbonyl (C=O) groups is 1. The molecule has 1 amide bonds. The second-order valence-electron chi connectivity index (χ2n) is 8.74. The molecule has 7 nitrogen and oxygen atoms in total. The Kier molecular flexibility index (Phi) is 7.32. The second-order valence-corrected chi connectivity index (χ2v) is 8.74. The summed E-state index contributed by atoms with van der Waals surface area (Å²) in [4.78, 5) is 24.5. The molecule has 2 aromatic rings. The second kappa shape index (κ2) is 10.4. The van der Waals surface area contributed by atoms with Crippen LogP contribution in [0.2, 0.25) is 0 Å². The van der Waals surface area contributed by atoms with Gasteiger partial charge in [-0.05, 0) is 56.5 Å². The third-order valence-electron chi connectivity index (χ3n) is 6.49. The average Bonchev–Trinajstić information content (AvgIpc) is 3.29. The Morgan fingerprint density at radius 3 is 2.66 bits per heavy atom. The van der Waals surface area contributed by atoms with E-state index in [1.807, 2.05) is 6.92 Å². The van der Waals surface area contributed by atoms with Gasteiger partial charge in [-0.1, -0.05) is 19.1 Å². The lowest BCUT2D eigenvalue weighted by Gasteiger charge is -2.34. The van der Waals surface area contributed by atoms with Crippen LogP contribution in [0.25, 0.3) is 0 Å². The fraction of sp³-hybridized carbons (Fsp3) is 0.542. The zero-order valence-electron chi connectivity index (χ0n) is 18.8. The minimum absolute atomic E-state index is 0.102. The molecule has 1 atom stereocenters. The van der Waals surface area contributed by atoms with Crippen LogP contribution in [0.3, 0.4) is 0 Å². The molecular weight excluding hydrogens is 409 g/mol. The van der Waals surface area contributed by atoms with E-state index in [9.17, 15) is 9.18 Å². The number of halogens is 1. The molecule has 172 valence electrons. The summed E-state index contributed by atoms with van der Waals surface area (Å²) in [6, 6.07) is 6.49. The van der Waals surface area contributed by atoms with Gasteiger partial charge in [-0.2, -0.15) is 0 Å². The predicted octanol–water partition coefficient (Wildman–Crippen LogP) is 3.18. The van der Waals surface area contributed by atoms with Gasteiger partial charge in [0.25, 0.3) is 5.91 Å². The number of aromatic nitrogens is 2. The van der Waals surface area contributed by atoms with E-state index in [0.717, 1.165) is 44.6 Å². The first kappa shape index (κ1) is 22.6. The Morgan fingerprint density at radius 1 is 1.25 bits per heavy atom. The van der Waals surface area contributed by atoms with Gasteiger partial charge in [0.1, 0.15) is 17.3 Å². The van der Waals surface area contributed by atoms with Crippen LogP contribution in [0.1, 0.15) is 60.3 Å². The van der Waals surface area contributed by atoms with Crippen molar-refractivity contribution in [2.45, 2.75) is 50.7 Å². The Labute approximate surface area is 188 Å². The van der Waals surface area contributed by atoms with Crippen LogP contribution in [0.5, 0.6) is 0 Å². The fourth-order valence-corrected chi connectivity index (χ4v) is 4.33. The summed E-state index contributed by atoms with van der Waals surface area (Å²) in [5, 5.41) is 6.42. The summed E-state index contributed by atoms with van der Waals surface area (Å²) in [7, 11) is 1.69. The lowest BCUT2D eigenvalue weighted by Crippen LogP contribution is -2.47. The fourth-order valence-electron chi connectivity index (χ4n) is 4.33. The Balaban J connectivity index is 1.50. The smallest absolute Gasteiger partial charge is 0.271 e. The van der Waals surface area contributed by atoms with E-state index in [-0.39, 0.29) is 29.8 Å². The van der Waals surface area contributed by atoms with E-state index >= 15 is 0 Å². The SMILES string of the molecule is CO[C@H]1C[C@@H](NC(=O)c2cnc(NCCN3CCCC3)c(C(C)c3ccc(F)cc3)n2)C1. The molecule has 2 aliphatic rings. The molecule has 4 rings (SSSR count). The third kappa shape index (κ3) is 5.42. The molecule has 0 radical (unpaired) electrons. The Bertz CT molecular complexity index is 911. The van der Waals surface area contributed by atoms with Crippen LogP contribution in [-0.4, -0.2) is 66.2 Å². The van der Waals surface area contributed by atoms with Crippen molar-refractivity contribution in [3.8, 4) is 0 Å². The maximum absolute atomic E-state index is 13.4. The van der Waals surface area contributed by atoms with Crippen molar-refractivity contribution in [3.05, 3.63) is 53.2 Å². The molecular formula is C24H32FN5O2. The number of nitrogens with one attached hydrogen (secondary N) is 2. The highest BCUT2D eigenvalue weighted by Crippen LogP contribution is 2.28. The highest BCUT2D eigenvalue weighted by Gasteiger charge is 2.31. The molecule has 1 saturated heterocycles. The molecule has 0 bridgehead atoms. The molecule has 2 fully saturated rings. The highest BCUT2D eigenvalue weighted by atomic mass is 19.1. The van der Waals surface area contributed by atoms with E-state index in [1.165, 1.54) is 31.2 Å². The molecule has 2 heterocycles. The molecule has 0 spiro atoms. The third-order valence-corrected chi connectivity index (χ3v) is 6.49. The van der Waals surface area contributed by atoms with Gasteiger partial charge >= 0.3 is 0 Å². The van der Waals surface area contributed by atoms with Gasteiger partial charge in [-0.15, -0.1) is 0 Å². The molecule has 1 saturated carbocycles. The van der Waals surface area contributed by atoms with Gasteiger partial charge in [0.2, 0.25) is 0 Å². The van der Waals surface area contributed by atoms with Crippen LogP contribution >= 0.6 is 0 Å². The van der Waals surface area contributed by atoms with Gasteiger partial charge in [-0.25, -0.2) is 14.4 Å². The maximum atomic E-state index is 13.4. The van der Waals surface area contributed by atoms with Gasteiger partial charge < -0.3 is 20.3 Å². The van der Waals surface area contributed by atoms with Crippen molar-refractivity contribution >= 4 is 11.7 Å². The molecule has 8 heteroatoms. The van der Waals surface area contributed by atoms with Gasteiger partial charge in [0.05, 0.1) is 18.0 Å². The number of amides is 1. The monoisotopic (exact) mass is 441 g/mol. The number of likely N-dealkylation sites (tertiary alicyclic amines) is 1. The van der Waals surface area contributed by atoms with Crippen LogP contribution in [0, 0.1) is 5.82 Å². The number of methoxy groups -OCH3 is 1. The molecule has 1 unspecified atom stereocenters. The van der Waals surface area contributed by atoms with Crippen molar-refractivity contribution in [3.63, 3.8) is 0 Å². The van der Waals surface area contributed by atoms with Gasteiger partial charge in [0.15, 0.2) is 0 Å². The lowest BCUT2D eigenvalue weighted by molar-refractivity contribution is 0.0175. The first-order valence-electron chi connectivity index (χ1n) is 11.5. The first-order chi connectivity index (χ1) is 15.5. The number of carbonyl (C=O) groups excluding carboxylic acids is 1. The van der Waals surface area contributed by atoms with E-state index in [1.54, 1.807) is 19.2 Å². The molecule has 1 aromatic heterocycles. The lowest BCUT2D eigenvalue weighted by atomic mass is 9.89. The minimum Gasteiger partial charge on any atom is -0.381 e. The molecule has 1 aliphatic carbocycles. The van der Waals surface area contributed by atoms with Crippen molar-refractivity contribution < 1.29 is 13.9 Å². The zero-order chi connectivity index (χ0) is 22.5. The Morgan fingerprint density at radius 2 is 1.97 bits per heavy atom. The number of nitrogens with zero attached hydrogens (tertiary/aromatic N) is 3. The normalized spacial score (nSPS) is 21.7. The standard InChI is InChI=1S/C24H32FN5O2/c1-16(17-5-7-18(25)8-6-17)22-23(26-9-12-30-10-3-4-11-30)27-15-21(29-22)24(31)28-19-13-20(14-19)32-2/h5-8,15-16,19-20H,3-4,9-14H2,1-2H3,(H,26,27)(H,28,31)/t16?,19-,20+. The quantitative estimate of drug-likeness (QED) is 0.622. The first-order valence-corrected chi connectivity index (χ1v) is 11.5. The van der Waals surface area contributed by atoms with Crippen LogP contribution in [0.15, 0.2) is 30.5 Å². The number of ether oxygens (including phenoxy) is 1. The number of benzene rings is 1. The molecule has 1 aliphatic heterocycles. The van der Waals surface area contributed by atoms with E-state index in [0.29, 0.717) is 17.2 Å². The maximum Gasteiger partial charge on any atom is 0.271 e. The molecule has 2 N–H and O–H groups in total. The predicted molar refractivity (Wildman–Crippen MR) is 121 cm³/mol. The number of anilines is 1. The van der Waals surface area contributed by atoms with E-state index < -0.39 is 0 Å². The van der Waals surface area contributed by atoms with Gasteiger partial charge in [-0.3, -0.25) is 4.79 Å². The van der Waals surface area contributed by atoms with Crippen molar-refractivity contribution in [1.82, 2.24) is 20.2 Å². The van der Waals surface area contributed by atoms with Crippen LogP contribution in [-0.2, 0) is 4.74 Å². The summed E-state index contributed by atoms with van der Waals surface area (Å²) in [6.07, 6.45) is 5.86. The summed E-state index contributed by atoms with van der Waals surface area (Å²) < 4.78 is 18.7. The summed E-state index contributed by atoms with van der Waals surface area (Å²) in [6.45, 7) is 5.97. The van der Waals surface area contributed by atoms with Crippen LogP contribution < -0.4 is 10.6 Å². The number of hydrogen-bond acceptors (Lipinski definition) is 6.